The second-order valence-electron chi connectivity index (χ2n) is 9.07. The van der Waals surface area contributed by atoms with E-state index < -0.39 is 81.4 Å². The predicted octanol–water partition coefficient (Wildman–Crippen LogP) is 0.218. The Balaban J connectivity index is 2.05. The summed E-state index contributed by atoms with van der Waals surface area (Å²) in [6, 6.07) is 1.66. The van der Waals surface area contributed by atoms with Crippen molar-refractivity contribution in [2.24, 2.45) is 17.6 Å². The van der Waals surface area contributed by atoms with Crippen LogP contribution in [0.2, 0.25) is 0 Å². The van der Waals surface area contributed by atoms with Crippen molar-refractivity contribution in [1.82, 2.24) is 4.90 Å². The van der Waals surface area contributed by atoms with Crippen molar-refractivity contribution in [3.63, 3.8) is 0 Å². The van der Waals surface area contributed by atoms with Gasteiger partial charge in [0, 0.05) is 23.3 Å². The van der Waals surface area contributed by atoms with E-state index in [4.69, 9.17) is 17.5 Å². The van der Waals surface area contributed by atoms with Gasteiger partial charge in [0.2, 0.25) is 5.78 Å². The Labute approximate surface area is 198 Å². The molecule has 0 bridgehead atoms. The molecule has 2 unspecified atom stereocenters. The maximum Gasteiger partial charge on any atom is 0.255 e. The summed E-state index contributed by atoms with van der Waals surface area (Å²) < 4.78 is 0. The molecule has 34 heavy (non-hydrogen) atoms. The number of hydrogen-bond donors (Lipinski definition) is 7. The van der Waals surface area contributed by atoms with Crippen molar-refractivity contribution in [2.45, 2.75) is 30.6 Å². The van der Waals surface area contributed by atoms with E-state index in [0.717, 1.165) is 0 Å². The van der Waals surface area contributed by atoms with Crippen LogP contribution in [0, 0.1) is 11.8 Å². The minimum absolute atomic E-state index is 0.0118. The molecule has 3 aliphatic carbocycles. The Bertz CT molecular complexity index is 1210. The summed E-state index contributed by atoms with van der Waals surface area (Å²) in [7, 11) is 2.95. The summed E-state index contributed by atoms with van der Waals surface area (Å²) in [6.45, 7) is 1.64. The number of benzene rings is 1. The smallest absolute Gasteiger partial charge is 0.255 e. The molecule has 0 spiro atoms. The number of phenolic OH excluding ortho intramolecular Hbond substituents is 1. The second kappa shape index (κ2) is 7.70. The molecule has 0 aromatic heterocycles. The molecule has 1 aromatic rings. The molecule has 0 radical (unpaired) electrons. The van der Waals surface area contributed by atoms with Gasteiger partial charge in [-0.2, -0.15) is 0 Å². The number of aliphatic hydroxyl groups is 4. The highest BCUT2D eigenvalue weighted by molar-refractivity contribution is 6.26. The van der Waals surface area contributed by atoms with Gasteiger partial charge in [-0.1, -0.05) is 13.0 Å². The van der Waals surface area contributed by atoms with Crippen molar-refractivity contribution in [1.29, 1.82) is 0 Å². The average molecular weight is 494 g/mol. The molecule has 0 saturated heterocycles. The van der Waals surface area contributed by atoms with Crippen LogP contribution in [0.4, 0.5) is 5.69 Å². The van der Waals surface area contributed by atoms with E-state index >= 15 is 0 Å². The second-order valence-corrected chi connectivity index (χ2v) is 9.26. The van der Waals surface area contributed by atoms with Gasteiger partial charge in [0.15, 0.2) is 17.1 Å². The molecule has 0 saturated carbocycles. The summed E-state index contributed by atoms with van der Waals surface area (Å²) in [5, 5.41) is 55.6. The molecule has 4 rings (SSSR count). The lowest BCUT2D eigenvalue weighted by atomic mass is 9.55. The number of rotatable bonds is 3. The first-order valence-electron chi connectivity index (χ1n) is 10.4. The standard InChI is InChI=1S/C22H24ClN3O8/c1-6-7-4-5-8(25-23)15(27)10(7)16(28)11-9(6)17(29)13-14(26(2)3)18(30)12(21(24)33)20(32)22(13,34)19(11)31/h4-6,9,13-14,17,25,27,29-31,34H,1-3H3,(H2,24,33)/t6-,9?,13?,14-,17-,22-/m0/s1. The van der Waals surface area contributed by atoms with E-state index in [0.29, 0.717) is 5.56 Å². The molecule has 0 fully saturated rings. The highest BCUT2D eigenvalue weighted by atomic mass is 35.5. The number of halogens is 1. The highest BCUT2D eigenvalue weighted by Gasteiger charge is 2.67. The SMILES string of the molecule is C[C@H]1c2ccc(NCl)c(O)c2C(=O)C2=C(O)[C@]3(O)C(=O)C(C(N)=O)=C(O)[C@@H](N(C)C)C3[C@@H](O)C21. The first-order chi connectivity index (χ1) is 15.8. The first-order valence-corrected chi connectivity index (χ1v) is 10.7. The Morgan fingerprint density at radius 3 is 2.35 bits per heavy atom. The van der Waals surface area contributed by atoms with Crippen LogP contribution in [0.3, 0.4) is 0 Å². The Morgan fingerprint density at radius 1 is 1.21 bits per heavy atom. The van der Waals surface area contributed by atoms with Crippen molar-refractivity contribution in [2.75, 3.05) is 18.9 Å². The number of aromatic hydroxyl groups is 1. The molecule has 0 heterocycles. The Hall–Kier alpha value is -3.12. The molecular formula is C22H24ClN3O8. The monoisotopic (exact) mass is 493 g/mol. The maximum absolute atomic E-state index is 13.5. The van der Waals surface area contributed by atoms with Crippen molar-refractivity contribution in [3.05, 3.63) is 45.9 Å². The van der Waals surface area contributed by atoms with Crippen LogP contribution in [0.5, 0.6) is 5.75 Å². The van der Waals surface area contributed by atoms with Crippen LogP contribution in [-0.2, 0) is 9.59 Å². The van der Waals surface area contributed by atoms with E-state index in [2.05, 4.69) is 4.84 Å². The lowest BCUT2D eigenvalue weighted by Crippen LogP contribution is -2.68. The van der Waals surface area contributed by atoms with E-state index in [1.54, 1.807) is 6.92 Å². The van der Waals surface area contributed by atoms with Gasteiger partial charge in [-0.05, 0) is 31.6 Å². The fourth-order valence-electron chi connectivity index (χ4n) is 5.70. The Kier molecular flexibility index (Phi) is 5.44. The summed E-state index contributed by atoms with van der Waals surface area (Å²) in [5.41, 5.74) is 1.06. The number of anilines is 1. The lowest BCUT2D eigenvalue weighted by molar-refractivity contribution is -0.162. The number of primary amides is 1. The first kappa shape index (κ1) is 24.0. The lowest BCUT2D eigenvalue weighted by Gasteiger charge is -2.53. The zero-order valence-corrected chi connectivity index (χ0v) is 19.2. The molecule has 8 N–H and O–H groups in total. The van der Waals surface area contributed by atoms with Gasteiger partial charge < -0.3 is 31.3 Å². The number of fused-ring (bicyclic) bond motifs is 3. The van der Waals surface area contributed by atoms with Gasteiger partial charge in [0.05, 0.1) is 29.3 Å². The number of ketones is 2. The minimum Gasteiger partial charge on any atom is -0.510 e. The van der Waals surface area contributed by atoms with E-state index in [-0.39, 0.29) is 11.3 Å². The molecule has 1 amide bonds. The third-order valence-corrected chi connectivity index (χ3v) is 7.44. The van der Waals surface area contributed by atoms with Crippen LogP contribution in [-0.4, -0.2) is 79.7 Å². The number of nitrogens with zero attached hydrogens (tertiary/aromatic N) is 1. The predicted molar refractivity (Wildman–Crippen MR) is 119 cm³/mol. The largest absolute Gasteiger partial charge is 0.510 e. The number of aliphatic hydroxyl groups excluding tert-OH is 3. The zero-order chi connectivity index (χ0) is 25.4. The molecule has 0 aliphatic heterocycles. The third kappa shape index (κ3) is 2.78. The number of phenols is 1. The number of likely N-dealkylation sites (N-methyl/N-ethyl adjacent to an activating group) is 1. The number of nitrogens with one attached hydrogen (secondary N) is 1. The van der Waals surface area contributed by atoms with Gasteiger partial charge in [-0.25, -0.2) is 0 Å². The highest BCUT2D eigenvalue weighted by Crippen LogP contribution is 2.55. The molecule has 12 heteroatoms. The summed E-state index contributed by atoms with van der Waals surface area (Å²) >= 11 is 5.60. The van der Waals surface area contributed by atoms with Crippen LogP contribution in [0.25, 0.3) is 0 Å². The third-order valence-electron chi connectivity index (χ3n) is 7.23. The summed E-state index contributed by atoms with van der Waals surface area (Å²) in [5.74, 6) is -9.39. The zero-order valence-electron chi connectivity index (χ0n) is 18.4. The van der Waals surface area contributed by atoms with Gasteiger partial charge in [0.1, 0.15) is 17.1 Å². The molecule has 182 valence electrons. The van der Waals surface area contributed by atoms with Crippen LogP contribution < -0.4 is 10.6 Å². The van der Waals surface area contributed by atoms with Crippen molar-refractivity contribution in [3.8, 4) is 5.75 Å². The molecule has 11 nitrogen and oxygen atoms in total. The van der Waals surface area contributed by atoms with Gasteiger partial charge in [-0.3, -0.25) is 24.1 Å². The van der Waals surface area contributed by atoms with Crippen molar-refractivity contribution < 1.29 is 39.9 Å². The topological polar surface area (TPSA) is 194 Å². The molecule has 1 aromatic carbocycles. The number of Topliss-reactive ketones (excluding diaryl/α,β-unsaturated/α-hetero) is 2. The number of nitrogens with two attached hydrogens (primary N) is 1. The molecule has 3 aliphatic rings. The maximum atomic E-state index is 13.5. The van der Waals surface area contributed by atoms with Crippen molar-refractivity contribution >= 4 is 34.9 Å². The van der Waals surface area contributed by atoms with Crippen LogP contribution >= 0.6 is 11.8 Å². The van der Waals surface area contributed by atoms with Gasteiger partial charge >= 0.3 is 0 Å². The Morgan fingerprint density at radius 2 is 1.82 bits per heavy atom. The fraction of sp³-hybridized carbons (Fsp3) is 0.409. The van der Waals surface area contributed by atoms with Gasteiger partial charge in [-0.15, -0.1) is 0 Å². The number of amides is 1. The molecular weight excluding hydrogens is 470 g/mol. The van der Waals surface area contributed by atoms with E-state index in [9.17, 15) is 39.9 Å². The van der Waals surface area contributed by atoms with E-state index in [1.807, 2.05) is 0 Å². The number of carbonyl (C=O) groups excluding carboxylic acids is 3. The minimum atomic E-state index is -2.94. The fourth-order valence-corrected chi connectivity index (χ4v) is 5.85. The van der Waals surface area contributed by atoms with E-state index in [1.165, 1.54) is 31.1 Å². The average Bonchev–Trinajstić information content (AvgIpc) is 2.75. The van der Waals surface area contributed by atoms with Gasteiger partial charge in [0.25, 0.3) is 5.91 Å². The normalized spacial score (nSPS) is 33.0. The molecule has 6 atom stereocenters. The summed E-state index contributed by atoms with van der Waals surface area (Å²) in [4.78, 5) is 42.3. The number of hydrogen-bond acceptors (Lipinski definition) is 10. The van der Waals surface area contributed by atoms with Crippen LogP contribution in [0.1, 0.15) is 28.8 Å². The van der Waals surface area contributed by atoms with Crippen LogP contribution in [0.15, 0.2) is 34.8 Å². The quantitative estimate of drug-likeness (QED) is 0.174. The number of carbonyl (C=O) groups is 3. The summed E-state index contributed by atoms with van der Waals surface area (Å²) in [6.07, 6.45) is -1.64.